The molecule has 0 aliphatic rings. The lowest BCUT2D eigenvalue weighted by Gasteiger charge is -2.17. The van der Waals surface area contributed by atoms with E-state index >= 15 is 0 Å². The average Bonchev–Trinajstić information content (AvgIpc) is 2.19. The van der Waals surface area contributed by atoms with Crippen LogP contribution >= 0.6 is 11.6 Å². The molecule has 6 heteroatoms. The molecule has 0 saturated carbocycles. The van der Waals surface area contributed by atoms with Gasteiger partial charge in [0.15, 0.2) is 11.6 Å². The first-order valence-corrected chi connectivity index (χ1v) is 5.23. The predicted octanol–water partition coefficient (Wildman–Crippen LogP) is 2.12. The maximum absolute atomic E-state index is 12.9. The second-order valence-electron chi connectivity index (χ2n) is 4.24. The molecule has 0 saturated heterocycles. The zero-order valence-corrected chi connectivity index (χ0v) is 10.1. The zero-order valence-electron chi connectivity index (χ0n) is 9.35. The maximum atomic E-state index is 12.9. The van der Waals surface area contributed by atoms with E-state index in [0.29, 0.717) is 0 Å². The summed E-state index contributed by atoms with van der Waals surface area (Å²) >= 11 is 5.62. The summed E-state index contributed by atoms with van der Waals surface area (Å²) in [5, 5.41) is 11.6. The van der Waals surface area contributed by atoms with Crippen LogP contribution in [0.5, 0.6) is 0 Å². The molecule has 0 fully saturated rings. The summed E-state index contributed by atoms with van der Waals surface area (Å²) in [7, 11) is 0. The molecule has 0 aromatic heterocycles. The minimum atomic E-state index is -1.15. The molecule has 0 heterocycles. The van der Waals surface area contributed by atoms with E-state index < -0.39 is 23.1 Å². The molecule has 3 nitrogen and oxygen atoms in total. The normalized spacial score (nSPS) is 11.4. The quantitative estimate of drug-likeness (QED) is 0.821. The lowest BCUT2D eigenvalue weighted by Crippen LogP contribution is -2.38. The summed E-state index contributed by atoms with van der Waals surface area (Å²) in [5.41, 5.74) is -1.27. The largest absolute Gasteiger partial charge is 0.389 e. The number of amides is 1. The van der Waals surface area contributed by atoms with Crippen LogP contribution in [0.3, 0.4) is 0 Å². The highest BCUT2D eigenvalue weighted by Crippen LogP contribution is 2.20. The Hall–Kier alpha value is -1.20. The molecule has 1 aromatic rings. The van der Waals surface area contributed by atoms with E-state index in [0.717, 1.165) is 12.1 Å². The van der Waals surface area contributed by atoms with E-state index in [1.807, 2.05) is 0 Å². The van der Waals surface area contributed by atoms with Crippen molar-refractivity contribution in [3.63, 3.8) is 0 Å². The van der Waals surface area contributed by atoms with Gasteiger partial charge < -0.3 is 10.4 Å². The molecule has 0 radical (unpaired) electrons. The second kappa shape index (κ2) is 4.98. The van der Waals surface area contributed by atoms with Crippen molar-refractivity contribution < 1.29 is 18.7 Å². The highest BCUT2D eigenvalue weighted by molar-refractivity contribution is 6.33. The second-order valence-corrected chi connectivity index (χ2v) is 4.65. The number of benzene rings is 1. The van der Waals surface area contributed by atoms with Crippen LogP contribution in [-0.4, -0.2) is 23.2 Å². The third-order valence-electron chi connectivity index (χ3n) is 1.94. The van der Waals surface area contributed by atoms with Gasteiger partial charge in [-0.1, -0.05) is 11.6 Å². The number of hydrogen-bond acceptors (Lipinski definition) is 2. The molecular formula is C11H12ClF2NO2. The Morgan fingerprint density at radius 2 is 1.94 bits per heavy atom. The fourth-order valence-corrected chi connectivity index (χ4v) is 1.32. The van der Waals surface area contributed by atoms with Gasteiger partial charge in [-0.3, -0.25) is 4.79 Å². The Morgan fingerprint density at radius 1 is 1.41 bits per heavy atom. The van der Waals surface area contributed by atoms with E-state index in [1.54, 1.807) is 0 Å². The maximum Gasteiger partial charge on any atom is 0.253 e. The molecule has 0 aliphatic carbocycles. The lowest BCUT2D eigenvalue weighted by molar-refractivity contribution is 0.0694. The van der Waals surface area contributed by atoms with Crippen LogP contribution < -0.4 is 5.32 Å². The van der Waals surface area contributed by atoms with Crippen molar-refractivity contribution in [3.8, 4) is 0 Å². The molecule has 2 N–H and O–H groups in total. The van der Waals surface area contributed by atoms with Crippen molar-refractivity contribution in [2.45, 2.75) is 19.4 Å². The minimum Gasteiger partial charge on any atom is -0.389 e. The topological polar surface area (TPSA) is 49.3 Å². The van der Waals surface area contributed by atoms with Gasteiger partial charge in [0.1, 0.15) is 0 Å². The standard InChI is InChI=1S/C11H12ClF2NO2/c1-11(2,17)5-15-10(16)6-3-8(13)9(14)4-7(6)12/h3-4,17H,5H2,1-2H3,(H,15,16). The number of carbonyl (C=O) groups excluding carboxylic acids is 1. The van der Waals surface area contributed by atoms with E-state index in [-0.39, 0.29) is 17.1 Å². The molecule has 0 spiro atoms. The lowest BCUT2D eigenvalue weighted by atomic mass is 10.1. The van der Waals surface area contributed by atoms with Crippen LogP contribution in [0.25, 0.3) is 0 Å². The van der Waals surface area contributed by atoms with Gasteiger partial charge in [0.25, 0.3) is 5.91 Å². The van der Waals surface area contributed by atoms with Crippen molar-refractivity contribution in [2.24, 2.45) is 0 Å². The minimum absolute atomic E-state index is 0.0266. The number of carbonyl (C=O) groups is 1. The first-order valence-electron chi connectivity index (χ1n) is 4.86. The highest BCUT2D eigenvalue weighted by atomic mass is 35.5. The van der Waals surface area contributed by atoms with E-state index in [4.69, 9.17) is 11.6 Å². The monoisotopic (exact) mass is 263 g/mol. The van der Waals surface area contributed by atoms with Crippen molar-refractivity contribution in [3.05, 3.63) is 34.4 Å². The fourth-order valence-electron chi connectivity index (χ4n) is 1.09. The van der Waals surface area contributed by atoms with Gasteiger partial charge in [0.2, 0.25) is 0 Å². The number of rotatable bonds is 3. The SMILES string of the molecule is CC(C)(O)CNC(=O)c1cc(F)c(F)cc1Cl. The molecule has 1 rings (SSSR count). The van der Waals surface area contributed by atoms with E-state index in [1.165, 1.54) is 13.8 Å². The summed E-state index contributed by atoms with van der Waals surface area (Å²) in [6, 6.07) is 1.45. The molecule has 94 valence electrons. The van der Waals surface area contributed by atoms with Crippen molar-refractivity contribution in [1.82, 2.24) is 5.32 Å². The third-order valence-corrected chi connectivity index (χ3v) is 2.25. The van der Waals surface area contributed by atoms with Crippen LogP contribution in [0.15, 0.2) is 12.1 Å². The Balaban J connectivity index is 2.86. The van der Waals surface area contributed by atoms with Crippen LogP contribution in [0, 0.1) is 11.6 Å². The van der Waals surface area contributed by atoms with Gasteiger partial charge in [-0.05, 0) is 26.0 Å². The van der Waals surface area contributed by atoms with Gasteiger partial charge in [-0.2, -0.15) is 0 Å². The van der Waals surface area contributed by atoms with Gasteiger partial charge >= 0.3 is 0 Å². The summed E-state index contributed by atoms with van der Waals surface area (Å²) < 4.78 is 25.7. The Labute approximate surface area is 102 Å². The predicted molar refractivity (Wildman–Crippen MR) is 60.0 cm³/mol. The third kappa shape index (κ3) is 3.94. The van der Waals surface area contributed by atoms with Crippen molar-refractivity contribution in [1.29, 1.82) is 0 Å². The Bertz CT molecular complexity index is 444. The fraction of sp³-hybridized carbons (Fsp3) is 0.364. The van der Waals surface area contributed by atoms with Gasteiger partial charge in [0.05, 0.1) is 16.2 Å². The first-order chi connectivity index (χ1) is 7.70. The molecule has 0 unspecified atom stereocenters. The van der Waals surface area contributed by atoms with E-state index in [2.05, 4.69) is 5.32 Å². The first kappa shape index (κ1) is 13.9. The molecule has 17 heavy (non-hydrogen) atoms. The summed E-state index contributed by atoms with van der Waals surface area (Å²) in [4.78, 5) is 11.6. The molecule has 1 aromatic carbocycles. The van der Waals surface area contributed by atoms with Gasteiger partial charge in [0, 0.05) is 6.54 Å². The van der Waals surface area contributed by atoms with E-state index in [9.17, 15) is 18.7 Å². The van der Waals surface area contributed by atoms with Gasteiger partial charge in [-0.25, -0.2) is 8.78 Å². The number of hydrogen-bond donors (Lipinski definition) is 2. The molecular weight excluding hydrogens is 252 g/mol. The van der Waals surface area contributed by atoms with Crippen molar-refractivity contribution >= 4 is 17.5 Å². The average molecular weight is 264 g/mol. The molecule has 1 amide bonds. The Kier molecular flexibility index (Phi) is 4.06. The van der Waals surface area contributed by atoms with Crippen LogP contribution in [-0.2, 0) is 0 Å². The summed E-state index contributed by atoms with van der Waals surface area (Å²) in [6.45, 7) is 2.97. The van der Waals surface area contributed by atoms with Crippen LogP contribution in [0.4, 0.5) is 8.78 Å². The Morgan fingerprint density at radius 3 is 2.47 bits per heavy atom. The van der Waals surface area contributed by atoms with Crippen molar-refractivity contribution in [2.75, 3.05) is 6.54 Å². The van der Waals surface area contributed by atoms with Crippen LogP contribution in [0.1, 0.15) is 24.2 Å². The molecule has 0 atom stereocenters. The van der Waals surface area contributed by atoms with Gasteiger partial charge in [-0.15, -0.1) is 0 Å². The number of nitrogens with one attached hydrogen (secondary N) is 1. The molecule has 0 aliphatic heterocycles. The highest BCUT2D eigenvalue weighted by Gasteiger charge is 2.18. The molecule has 0 bridgehead atoms. The number of aliphatic hydroxyl groups is 1. The number of halogens is 3. The van der Waals surface area contributed by atoms with Crippen LogP contribution in [0.2, 0.25) is 5.02 Å². The zero-order chi connectivity index (χ0) is 13.2. The smallest absolute Gasteiger partial charge is 0.253 e. The summed E-state index contributed by atoms with van der Waals surface area (Å²) in [5.74, 6) is -2.94. The summed E-state index contributed by atoms with van der Waals surface area (Å²) in [6.07, 6.45) is 0.